The summed E-state index contributed by atoms with van der Waals surface area (Å²) >= 11 is 0. The van der Waals surface area contributed by atoms with Crippen molar-refractivity contribution in [3.63, 3.8) is 0 Å². The quantitative estimate of drug-likeness (QED) is 0.597. The molecule has 2 aromatic carbocycles. The maximum absolute atomic E-state index is 12.5. The summed E-state index contributed by atoms with van der Waals surface area (Å²) in [4.78, 5) is 36.1. The Hall–Kier alpha value is -3.61. The number of alkyl carbamates (subject to hydrolysis) is 1. The standard InChI is InChI=1S/C24H24N2O5/c27-22(28)13-21(23(29)25-15-7-1-2-8-15)26-24(30)31-14-20-18-11-5-3-9-16(18)17-10-4-6-12-19(17)20/h1-6,9-12,15,20-21H,7-8,13-14H2,(H,25,29)(H,26,30)(H,27,28). The second kappa shape index (κ2) is 9.04. The minimum Gasteiger partial charge on any atom is -0.481 e. The molecule has 0 heterocycles. The van der Waals surface area contributed by atoms with E-state index in [2.05, 4.69) is 10.6 Å². The Morgan fingerprint density at radius 1 is 0.968 bits per heavy atom. The van der Waals surface area contributed by atoms with Gasteiger partial charge >= 0.3 is 12.1 Å². The molecule has 0 bridgehead atoms. The lowest BCUT2D eigenvalue weighted by Gasteiger charge is -2.20. The summed E-state index contributed by atoms with van der Waals surface area (Å²) in [6.45, 7) is 0.0911. The Morgan fingerprint density at radius 3 is 2.13 bits per heavy atom. The molecule has 2 aliphatic carbocycles. The van der Waals surface area contributed by atoms with E-state index >= 15 is 0 Å². The first-order valence-electron chi connectivity index (χ1n) is 10.3. The van der Waals surface area contributed by atoms with Gasteiger partial charge in [-0.2, -0.15) is 0 Å². The van der Waals surface area contributed by atoms with Crippen LogP contribution in [0.5, 0.6) is 0 Å². The summed E-state index contributed by atoms with van der Waals surface area (Å²) < 4.78 is 5.44. The lowest BCUT2D eigenvalue weighted by Crippen LogP contribution is -2.50. The molecule has 2 aliphatic rings. The fraction of sp³-hybridized carbons (Fsp3) is 0.292. The van der Waals surface area contributed by atoms with Gasteiger partial charge in [-0.1, -0.05) is 60.7 Å². The van der Waals surface area contributed by atoms with Gasteiger partial charge in [-0.25, -0.2) is 4.79 Å². The predicted octanol–water partition coefficient (Wildman–Crippen LogP) is 3.20. The molecule has 160 valence electrons. The Morgan fingerprint density at radius 2 is 1.55 bits per heavy atom. The smallest absolute Gasteiger partial charge is 0.407 e. The number of carboxylic acid groups (broad SMARTS) is 1. The number of carboxylic acids is 1. The van der Waals surface area contributed by atoms with Crippen molar-refractivity contribution >= 4 is 18.0 Å². The van der Waals surface area contributed by atoms with Crippen molar-refractivity contribution in [3.8, 4) is 11.1 Å². The van der Waals surface area contributed by atoms with Crippen LogP contribution in [-0.4, -0.2) is 41.8 Å². The first kappa shape index (κ1) is 20.7. The number of benzene rings is 2. The lowest BCUT2D eigenvalue weighted by atomic mass is 9.98. The van der Waals surface area contributed by atoms with Gasteiger partial charge in [0.15, 0.2) is 0 Å². The second-order valence-corrected chi connectivity index (χ2v) is 7.77. The maximum Gasteiger partial charge on any atom is 0.407 e. The number of carbonyl (C=O) groups is 3. The zero-order valence-corrected chi connectivity index (χ0v) is 16.9. The molecule has 0 aliphatic heterocycles. The highest BCUT2D eigenvalue weighted by atomic mass is 16.5. The number of hydrogen-bond donors (Lipinski definition) is 3. The van der Waals surface area contributed by atoms with E-state index < -0.39 is 30.4 Å². The third-order valence-corrected chi connectivity index (χ3v) is 5.69. The molecule has 1 unspecified atom stereocenters. The monoisotopic (exact) mass is 420 g/mol. The Labute approximate surface area is 180 Å². The molecule has 7 heteroatoms. The summed E-state index contributed by atoms with van der Waals surface area (Å²) in [5.41, 5.74) is 4.37. The normalized spacial score (nSPS) is 15.7. The van der Waals surface area contributed by atoms with E-state index in [0.717, 1.165) is 22.3 Å². The number of amides is 2. The molecule has 2 aromatic rings. The highest BCUT2D eigenvalue weighted by Gasteiger charge is 2.30. The highest BCUT2D eigenvalue weighted by molar-refractivity contribution is 5.89. The highest BCUT2D eigenvalue weighted by Crippen LogP contribution is 2.44. The van der Waals surface area contributed by atoms with E-state index in [9.17, 15) is 14.4 Å². The first-order chi connectivity index (χ1) is 15.0. The molecule has 0 saturated heterocycles. The van der Waals surface area contributed by atoms with Crippen LogP contribution in [0.25, 0.3) is 11.1 Å². The molecule has 31 heavy (non-hydrogen) atoms. The number of rotatable bonds is 7. The molecule has 0 radical (unpaired) electrons. The van der Waals surface area contributed by atoms with E-state index in [4.69, 9.17) is 9.84 Å². The Balaban J connectivity index is 1.40. The van der Waals surface area contributed by atoms with Crippen LogP contribution in [-0.2, 0) is 14.3 Å². The molecular formula is C24H24N2O5. The molecule has 7 nitrogen and oxygen atoms in total. The van der Waals surface area contributed by atoms with Gasteiger partial charge in [-0.15, -0.1) is 0 Å². The molecule has 1 atom stereocenters. The van der Waals surface area contributed by atoms with E-state index in [1.807, 2.05) is 60.7 Å². The van der Waals surface area contributed by atoms with Gasteiger partial charge in [-0.05, 0) is 35.1 Å². The summed E-state index contributed by atoms with van der Waals surface area (Å²) in [6, 6.07) is 14.7. The van der Waals surface area contributed by atoms with Crippen LogP contribution in [0.4, 0.5) is 4.79 Å². The number of ether oxygens (including phenoxy) is 1. The van der Waals surface area contributed by atoms with Crippen molar-refractivity contribution in [2.75, 3.05) is 6.61 Å². The van der Waals surface area contributed by atoms with Crippen molar-refractivity contribution in [2.45, 2.75) is 37.3 Å². The lowest BCUT2D eigenvalue weighted by molar-refractivity contribution is -0.140. The van der Waals surface area contributed by atoms with Crippen LogP contribution in [0.1, 0.15) is 36.3 Å². The summed E-state index contributed by atoms with van der Waals surface area (Å²) in [5.74, 6) is -1.82. The molecule has 0 spiro atoms. The number of carbonyl (C=O) groups excluding carboxylic acids is 2. The third kappa shape index (κ3) is 4.60. The Bertz CT molecular complexity index is 979. The zero-order chi connectivity index (χ0) is 21.8. The summed E-state index contributed by atoms with van der Waals surface area (Å²) in [5, 5.41) is 14.3. The largest absolute Gasteiger partial charge is 0.481 e. The van der Waals surface area contributed by atoms with Gasteiger partial charge in [0.1, 0.15) is 12.6 Å². The predicted molar refractivity (Wildman–Crippen MR) is 115 cm³/mol. The maximum atomic E-state index is 12.5. The fourth-order valence-electron chi connectivity index (χ4n) is 4.20. The average Bonchev–Trinajstić information content (AvgIpc) is 3.37. The summed E-state index contributed by atoms with van der Waals surface area (Å²) in [7, 11) is 0. The van der Waals surface area contributed by atoms with Gasteiger partial charge < -0.3 is 20.5 Å². The minimum atomic E-state index is -1.20. The molecule has 0 aromatic heterocycles. The van der Waals surface area contributed by atoms with E-state index in [0.29, 0.717) is 12.8 Å². The van der Waals surface area contributed by atoms with E-state index in [1.165, 1.54) is 0 Å². The number of fused-ring (bicyclic) bond motifs is 3. The van der Waals surface area contributed by atoms with E-state index in [1.54, 1.807) is 0 Å². The van der Waals surface area contributed by atoms with Crippen LogP contribution in [0.15, 0.2) is 60.7 Å². The number of aliphatic carboxylic acids is 1. The van der Waals surface area contributed by atoms with Crippen LogP contribution in [0, 0.1) is 0 Å². The van der Waals surface area contributed by atoms with Crippen molar-refractivity contribution in [1.82, 2.24) is 10.6 Å². The topological polar surface area (TPSA) is 105 Å². The molecular weight excluding hydrogens is 396 g/mol. The SMILES string of the molecule is O=C(O)CC(NC(=O)OCC1c2ccccc2-c2ccccc21)C(=O)NC1CC=CC1. The fourth-order valence-corrected chi connectivity index (χ4v) is 4.20. The molecule has 3 N–H and O–H groups in total. The van der Waals surface area contributed by atoms with E-state index in [-0.39, 0.29) is 18.6 Å². The minimum absolute atomic E-state index is 0.0758. The van der Waals surface area contributed by atoms with Crippen LogP contribution in [0.3, 0.4) is 0 Å². The second-order valence-electron chi connectivity index (χ2n) is 7.77. The first-order valence-corrected chi connectivity index (χ1v) is 10.3. The van der Waals surface area contributed by atoms with Crippen molar-refractivity contribution in [2.24, 2.45) is 0 Å². The van der Waals surface area contributed by atoms with Gasteiger partial charge in [0.2, 0.25) is 5.91 Å². The van der Waals surface area contributed by atoms with Crippen molar-refractivity contribution in [3.05, 3.63) is 71.8 Å². The summed E-state index contributed by atoms with van der Waals surface area (Å²) in [6.07, 6.45) is 3.96. The Kier molecular flexibility index (Phi) is 6.02. The van der Waals surface area contributed by atoms with Crippen molar-refractivity contribution < 1.29 is 24.2 Å². The molecule has 2 amide bonds. The van der Waals surface area contributed by atoms with Crippen LogP contribution in [0.2, 0.25) is 0 Å². The van der Waals surface area contributed by atoms with Crippen LogP contribution < -0.4 is 10.6 Å². The molecule has 4 rings (SSSR count). The van der Waals surface area contributed by atoms with Gasteiger partial charge in [0.25, 0.3) is 0 Å². The van der Waals surface area contributed by atoms with Crippen LogP contribution >= 0.6 is 0 Å². The number of nitrogens with one attached hydrogen (secondary N) is 2. The number of hydrogen-bond acceptors (Lipinski definition) is 4. The van der Waals surface area contributed by atoms with Gasteiger partial charge in [-0.3, -0.25) is 9.59 Å². The van der Waals surface area contributed by atoms with Crippen molar-refractivity contribution in [1.29, 1.82) is 0 Å². The van der Waals surface area contributed by atoms with Gasteiger partial charge in [0.05, 0.1) is 6.42 Å². The zero-order valence-electron chi connectivity index (χ0n) is 16.9. The third-order valence-electron chi connectivity index (χ3n) is 5.69. The molecule has 0 fully saturated rings. The van der Waals surface area contributed by atoms with Gasteiger partial charge in [0, 0.05) is 12.0 Å². The average molecular weight is 420 g/mol. The molecule has 0 saturated carbocycles.